The summed E-state index contributed by atoms with van der Waals surface area (Å²) in [5.74, 6) is 0.320. The highest BCUT2D eigenvalue weighted by Gasteiger charge is 2.51. The van der Waals surface area contributed by atoms with Gasteiger partial charge in [0.2, 0.25) is 0 Å². The van der Waals surface area contributed by atoms with Crippen LogP contribution in [0.3, 0.4) is 0 Å². The number of Topliss-reactive ketones (excluding diaryl/α,β-unsaturated/α-hetero) is 1. The Hall–Kier alpha value is -1.06. The van der Waals surface area contributed by atoms with Crippen molar-refractivity contribution in [1.29, 1.82) is 0 Å². The SMILES string of the molecule is CC(C)(C)OC(=O)N1CC[C@]2(C)C(=O)CCCC[C@H]12. The molecule has 4 nitrogen and oxygen atoms in total. The lowest BCUT2D eigenvalue weighted by molar-refractivity contribution is -0.128. The molecule has 0 aromatic rings. The van der Waals surface area contributed by atoms with Crippen molar-refractivity contribution in [2.45, 2.75) is 71.4 Å². The first-order valence-corrected chi connectivity index (χ1v) is 7.27. The van der Waals surface area contributed by atoms with Crippen molar-refractivity contribution in [3.8, 4) is 0 Å². The lowest BCUT2D eigenvalue weighted by Gasteiger charge is -2.33. The van der Waals surface area contributed by atoms with Crippen LogP contribution in [0.4, 0.5) is 4.79 Å². The summed E-state index contributed by atoms with van der Waals surface area (Å²) in [4.78, 5) is 26.3. The Morgan fingerprint density at radius 3 is 2.68 bits per heavy atom. The van der Waals surface area contributed by atoms with Crippen molar-refractivity contribution < 1.29 is 14.3 Å². The number of ketones is 1. The van der Waals surface area contributed by atoms with Gasteiger partial charge in [0.15, 0.2) is 0 Å². The summed E-state index contributed by atoms with van der Waals surface area (Å²) in [6, 6.07) is 0.0253. The topological polar surface area (TPSA) is 46.6 Å². The first-order chi connectivity index (χ1) is 8.74. The van der Waals surface area contributed by atoms with Crippen LogP contribution in [-0.4, -0.2) is 35.0 Å². The van der Waals surface area contributed by atoms with E-state index in [-0.39, 0.29) is 17.6 Å². The van der Waals surface area contributed by atoms with Crippen LogP contribution in [0.2, 0.25) is 0 Å². The van der Waals surface area contributed by atoms with Gasteiger partial charge in [-0.15, -0.1) is 0 Å². The lowest BCUT2D eigenvalue weighted by atomic mass is 9.77. The predicted octanol–water partition coefficient (Wildman–Crippen LogP) is 3.15. The average molecular weight is 267 g/mol. The fourth-order valence-corrected chi connectivity index (χ4v) is 3.27. The van der Waals surface area contributed by atoms with Crippen molar-refractivity contribution in [3.63, 3.8) is 0 Å². The van der Waals surface area contributed by atoms with Crippen LogP contribution in [0, 0.1) is 5.41 Å². The van der Waals surface area contributed by atoms with Crippen molar-refractivity contribution in [3.05, 3.63) is 0 Å². The normalized spacial score (nSPS) is 31.9. The minimum atomic E-state index is -0.481. The molecule has 1 aliphatic heterocycles. The molecule has 0 radical (unpaired) electrons. The van der Waals surface area contributed by atoms with Crippen molar-refractivity contribution in [1.82, 2.24) is 4.90 Å². The van der Waals surface area contributed by atoms with E-state index in [1.165, 1.54) is 0 Å². The van der Waals surface area contributed by atoms with E-state index in [0.717, 1.165) is 25.7 Å². The summed E-state index contributed by atoms with van der Waals surface area (Å²) in [5.41, 5.74) is -0.835. The number of carbonyl (C=O) groups is 2. The number of rotatable bonds is 0. The minimum absolute atomic E-state index is 0.0253. The van der Waals surface area contributed by atoms with E-state index in [9.17, 15) is 9.59 Å². The van der Waals surface area contributed by atoms with Gasteiger partial charge in [-0.3, -0.25) is 4.79 Å². The zero-order valence-corrected chi connectivity index (χ0v) is 12.5. The molecule has 2 aliphatic rings. The van der Waals surface area contributed by atoms with Crippen molar-refractivity contribution in [2.24, 2.45) is 5.41 Å². The molecule has 2 fully saturated rings. The second-order valence-corrected chi connectivity index (χ2v) is 7.03. The summed E-state index contributed by atoms with van der Waals surface area (Å²) >= 11 is 0. The first-order valence-electron chi connectivity index (χ1n) is 7.27. The number of amides is 1. The van der Waals surface area contributed by atoms with Gasteiger partial charge >= 0.3 is 6.09 Å². The third kappa shape index (κ3) is 2.77. The minimum Gasteiger partial charge on any atom is -0.444 e. The highest BCUT2D eigenvalue weighted by molar-refractivity contribution is 5.87. The predicted molar refractivity (Wildman–Crippen MR) is 72.9 cm³/mol. The first kappa shape index (κ1) is 14.4. The van der Waals surface area contributed by atoms with E-state index in [1.54, 1.807) is 4.90 Å². The van der Waals surface area contributed by atoms with Gasteiger partial charge in [0.1, 0.15) is 11.4 Å². The molecule has 2 rings (SSSR count). The number of hydrogen-bond donors (Lipinski definition) is 0. The molecule has 0 spiro atoms. The molecule has 4 heteroatoms. The molecule has 0 aromatic heterocycles. The number of likely N-dealkylation sites (tertiary alicyclic amines) is 1. The van der Waals surface area contributed by atoms with Crippen LogP contribution >= 0.6 is 0 Å². The van der Waals surface area contributed by atoms with Gasteiger partial charge < -0.3 is 9.64 Å². The molecular formula is C15H25NO3. The van der Waals surface area contributed by atoms with Crippen LogP contribution in [0.15, 0.2) is 0 Å². The van der Waals surface area contributed by atoms with Crippen LogP contribution < -0.4 is 0 Å². The molecule has 1 saturated heterocycles. The number of hydrogen-bond acceptors (Lipinski definition) is 3. The fourth-order valence-electron chi connectivity index (χ4n) is 3.27. The molecule has 1 saturated carbocycles. The molecule has 0 bridgehead atoms. The van der Waals surface area contributed by atoms with Gasteiger partial charge in [0, 0.05) is 24.4 Å². The quantitative estimate of drug-likeness (QED) is 0.677. The number of nitrogens with zero attached hydrogens (tertiary/aromatic N) is 1. The smallest absolute Gasteiger partial charge is 0.410 e. The standard InChI is InChI=1S/C15H25NO3/c1-14(2,3)19-13(18)16-10-9-15(4)11(16)7-5-6-8-12(15)17/h11H,5-10H2,1-4H3/t11-,15-/m0/s1. The summed E-state index contributed by atoms with van der Waals surface area (Å²) in [5, 5.41) is 0. The Morgan fingerprint density at radius 2 is 2.05 bits per heavy atom. The summed E-state index contributed by atoms with van der Waals surface area (Å²) < 4.78 is 5.47. The van der Waals surface area contributed by atoms with E-state index >= 15 is 0 Å². The van der Waals surface area contributed by atoms with Crippen molar-refractivity contribution >= 4 is 11.9 Å². The largest absolute Gasteiger partial charge is 0.444 e. The van der Waals surface area contributed by atoms with Gasteiger partial charge in [-0.1, -0.05) is 13.3 Å². The second-order valence-electron chi connectivity index (χ2n) is 7.03. The Labute approximate surface area is 115 Å². The highest BCUT2D eigenvalue weighted by atomic mass is 16.6. The molecule has 2 atom stereocenters. The monoisotopic (exact) mass is 267 g/mol. The molecule has 0 aromatic carbocycles. The Morgan fingerprint density at radius 1 is 1.37 bits per heavy atom. The van der Waals surface area contributed by atoms with Crippen LogP contribution in [0.1, 0.15) is 59.8 Å². The maximum atomic E-state index is 12.3. The Kier molecular flexibility index (Phi) is 3.63. The number of carbonyl (C=O) groups excluding carboxylic acids is 2. The van der Waals surface area contributed by atoms with Crippen LogP contribution in [-0.2, 0) is 9.53 Å². The Bertz CT molecular complexity index is 385. The molecule has 1 amide bonds. The third-order valence-electron chi connectivity index (χ3n) is 4.38. The molecule has 0 unspecified atom stereocenters. The van der Waals surface area contributed by atoms with Gasteiger partial charge in [-0.25, -0.2) is 4.79 Å². The molecule has 19 heavy (non-hydrogen) atoms. The van der Waals surface area contributed by atoms with Gasteiger partial charge in [0.25, 0.3) is 0 Å². The maximum absolute atomic E-state index is 12.3. The van der Waals surface area contributed by atoms with Gasteiger partial charge in [0.05, 0.1) is 0 Å². The van der Waals surface area contributed by atoms with Gasteiger partial charge in [-0.2, -0.15) is 0 Å². The van der Waals surface area contributed by atoms with E-state index in [2.05, 4.69) is 0 Å². The zero-order chi connectivity index (χ0) is 14.3. The number of fused-ring (bicyclic) bond motifs is 1. The van der Waals surface area contributed by atoms with E-state index in [0.29, 0.717) is 18.7 Å². The molecule has 1 heterocycles. The summed E-state index contributed by atoms with van der Waals surface area (Å²) in [6.07, 6.45) is 4.06. The maximum Gasteiger partial charge on any atom is 0.410 e. The highest BCUT2D eigenvalue weighted by Crippen LogP contribution is 2.43. The van der Waals surface area contributed by atoms with Crippen LogP contribution in [0.5, 0.6) is 0 Å². The molecule has 108 valence electrons. The lowest BCUT2D eigenvalue weighted by Crippen LogP contribution is -2.45. The average Bonchev–Trinajstić information content (AvgIpc) is 2.54. The third-order valence-corrected chi connectivity index (χ3v) is 4.38. The zero-order valence-electron chi connectivity index (χ0n) is 12.5. The second kappa shape index (κ2) is 4.80. The van der Waals surface area contributed by atoms with Gasteiger partial charge in [-0.05, 0) is 40.0 Å². The molecular weight excluding hydrogens is 242 g/mol. The molecule has 0 N–H and O–H groups in total. The van der Waals surface area contributed by atoms with E-state index < -0.39 is 5.60 Å². The summed E-state index contributed by atoms with van der Waals surface area (Å²) in [7, 11) is 0. The van der Waals surface area contributed by atoms with E-state index in [4.69, 9.17) is 4.74 Å². The fraction of sp³-hybridized carbons (Fsp3) is 0.867. The number of ether oxygens (including phenoxy) is 1. The van der Waals surface area contributed by atoms with E-state index in [1.807, 2.05) is 27.7 Å². The Balaban J connectivity index is 2.16. The van der Waals surface area contributed by atoms with Crippen molar-refractivity contribution in [2.75, 3.05) is 6.54 Å². The molecule has 1 aliphatic carbocycles. The summed E-state index contributed by atoms with van der Waals surface area (Å²) in [6.45, 7) is 8.28. The van der Waals surface area contributed by atoms with Crippen LogP contribution in [0.25, 0.3) is 0 Å².